The fraction of sp³-hybridized carbons (Fsp3) is 0.867. The number of aliphatic carboxylic acids is 1. The highest BCUT2D eigenvalue weighted by Crippen LogP contribution is 2.32. The Hall–Kier alpha value is -1.06. The Balaban J connectivity index is 4.78. The fourth-order valence-corrected chi connectivity index (χ4v) is 2.38. The zero-order valence-electron chi connectivity index (χ0n) is 13.2. The molecule has 0 fully saturated rings. The number of nitrogens with zero attached hydrogens (tertiary/aromatic N) is 1. The van der Waals surface area contributed by atoms with Crippen LogP contribution in [-0.4, -0.2) is 35.0 Å². The largest absolute Gasteiger partial charge is 0.481 e. The maximum atomic E-state index is 12.3. The first-order valence-corrected chi connectivity index (χ1v) is 7.19. The second-order valence-corrected chi connectivity index (χ2v) is 5.95. The molecule has 0 bridgehead atoms. The van der Waals surface area contributed by atoms with Gasteiger partial charge in [-0.05, 0) is 32.1 Å². The highest BCUT2D eigenvalue weighted by atomic mass is 16.4. The smallest absolute Gasteiger partial charge is 0.310 e. The molecule has 0 aliphatic carbocycles. The van der Waals surface area contributed by atoms with Crippen molar-refractivity contribution in [3.63, 3.8) is 0 Å². The molecule has 0 rings (SSSR count). The number of amides is 1. The molecule has 4 heteroatoms. The highest BCUT2D eigenvalue weighted by Gasteiger charge is 2.38. The van der Waals surface area contributed by atoms with Crippen molar-refractivity contribution in [3.8, 4) is 0 Å². The third kappa shape index (κ3) is 4.84. The van der Waals surface area contributed by atoms with E-state index in [4.69, 9.17) is 0 Å². The van der Waals surface area contributed by atoms with Crippen LogP contribution in [0.4, 0.5) is 0 Å². The molecule has 0 aromatic heterocycles. The SMILES string of the molecule is CCC(CC)(CC(=O)N(C)C(C)CC(C)C)C(=O)O. The molecule has 0 aromatic carbocycles. The van der Waals surface area contributed by atoms with Gasteiger partial charge in [0.15, 0.2) is 0 Å². The molecular formula is C15H29NO3. The van der Waals surface area contributed by atoms with Crippen LogP contribution in [-0.2, 0) is 9.59 Å². The molecule has 0 aromatic rings. The van der Waals surface area contributed by atoms with Gasteiger partial charge in [0.1, 0.15) is 0 Å². The Morgan fingerprint density at radius 3 is 1.95 bits per heavy atom. The van der Waals surface area contributed by atoms with E-state index in [1.807, 2.05) is 20.8 Å². The highest BCUT2D eigenvalue weighted by molar-refractivity contribution is 5.85. The molecule has 0 heterocycles. The van der Waals surface area contributed by atoms with Crippen molar-refractivity contribution in [3.05, 3.63) is 0 Å². The molecule has 1 unspecified atom stereocenters. The molecule has 4 nitrogen and oxygen atoms in total. The molecule has 19 heavy (non-hydrogen) atoms. The van der Waals surface area contributed by atoms with Crippen molar-refractivity contribution in [1.82, 2.24) is 4.90 Å². The van der Waals surface area contributed by atoms with Crippen LogP contribution in [0.3, 0.4) is 0 Å². The van der Waals surface area contributed by atoms with E-state index in [2.05, 4.69) is 13.8 Å². The summed E-state index contributed by atoms with van der Waals surface area (Å²) >= 11 is 0. The second kappa shape index (κ2) is 7.51. The zero-order chi connectivity index (χ0) is 15.2. The molecule has 1 N–H and O–H groups in total. The van der Waals surface area contributed by atoms with Crippen LogP contribution in [0, 0.1) is 11.3 Å². The molecular weight excluding hydrogens is 242 g/mol. The summed E-state index contributed by atoms with van der Waals surface area (Å²) in [5.41, 5.74) is -0.914. The number of carbonyl (C=O) groups excluding carboxylic acids is 1. The number of hydrogen-bond acceptors (Lipinski definition) is 2. The first kappa shape index (κ1) is 17.9. The second-order valence-electron chi connectivity index (χ2n) is 5.95. The van der Waals surface area contributed by atoms with Gasteiger partial charge in [0.05, 0.1) is 5.41 Å². The Bertz CT molecular complexity index is 309. The number of carboxylic acid groups (broad SMARTS) is 1. The third-order valence-corrected chi connectivity index (χ3v) is 4.16. The topological polar surface area (TPSA) is 57.6 Å². The summed E-state index contributed by atoms with van der Waals surface area (Å²) in [5.74, 6) is -0.415. The summed E-state index contributed by atoms with van der Waals surface area (Å²) < 4.78 is 0. The van der Waals surface area contributed by atoms with Gasteiger partial charge in [0.25, 0.3) is 0 Å². The quantitative estimate of drug-likeness (QED) is 0.737. The van der Waals surface area contributed by atoms with Crippen LogP contribution in [0.1, 0.15) is 60.3 Å². The summed E-state index contributed by atoms with van der Waals surface area (Å²) in [4.78, 5) is 25.4. The van der Waals surface area contributed by atoms with Crippen molar-refractivity contribution in [2.75, 3.05) is 7.05 Å². The Kier molecular flexibility index (Phi) is 7.09. The Labute approximate surface area is 117 Å². The Morgan fingerprint density at radius 1 is 1.16 bits per heavy atom. The predicted octanol–water partition coefficient (Wildman–Crippen LogP) is 3.16. The lowest BCUT2D eigenvalue weighted by Crippen LogP contribution is -2.41. The van der Waals surface area contributed by atoms with Gasteiger partial charge in [-0.2, -0.15) is 0 Å². The minimum Gasteiger partial charge on any atom is -0.481 e. The predicted molar refractivity (Wildman–Crippen MR) is 77.0 cm³/mol. The number of rotatable bonds is 8. The van der Waals surface area contributed by atoms with Crippen LogP contribution in [0.15, 0.2) is 0 Å². The van der Waals surface area contributed by atoms with Crippen molar-refractivity contribution in [2.45, 2.75) is 66.3 Å². The average Bonchev–Trinajstić information content (AvgIpc) is 2.33. The summed E-state index contributed by atoms with van der Waals surface area (Å²) in [6.07, 6.45) is 1.99. The van der Waals surface area contributed by atoms with Gasteiger partial charge >= 0.3 is 5.97 Å². The summed E-state index contributed by atoms with van der Waals surface area (Å²) in [5, 5.41) is 9.37. The minimum absolute atomic E-state index is 0.0701. The van der Waals surface area contributed by atoms with Crippen molar-refractivity contribution >= 4 is 11.9 Å². The molecule has 1 amide bonds. The standard InChI is InChI=1S/C15H29NO3/c1-7-15(8-2,14(18)19)10-13(17)16(6)12(5)9-11(3)4/h11-12H,7-10H2,1-6H3,(H,18,19). The molecule has 1 atom stereocenters. The molecule has 112 valence electrons. The van der Waals surface area contributed by atoms with Gasteiger partial charge < -0.3 is 10.0 Å². The van der Waals surface area contributed by atoms with Crippen LogP contribution in [0.25, 0.3) is 0 Å². The molecule has 0 saturated carbocycles. The van der Waals surface area contributed by atoms with Gasteiger partial charge in [-0.25, -0.2) is 0 Å². The summed E-state index contributed by atoms with van der Waals surface area (Å²) in [7, 11) is 1.77. The lowest BCUT2D eigenvalue weighted by molar-refractivity contribution is -0.154. The fourth-order valence-electron chi connectivity index (χ4n) is 2.38. The van der Waals surface area contributed by atoms with E-state index in [0.29, 0.717) is 18.8 Å². The summed E-state index contributed by atoms with van der Waals surface area (Å²) in [6, 6.07) is 0.146. The first-order chi connectivity index (χ1) is 8.70. The lowest BCUT2D eigenvalue weighted by Gasteiger charge is -2.31. The number of carbonyl (C=O) groups is 2. The van der Waals surface area contributed by atoms with E-state index in [1.165, 1.54) is 0 Å². The van der Waals surface area contributed by atoms with Gasteiger partial charge in [0.2, 0.25) is 5.91 Å². The van der Waals surface area contributed by atoms with Gasteiger partial charge in [-0.3, -0.25) is 9.59 Å². The van der Waals surface area contributed by atoms with Crippen molar-refractivity contribution in [1.29, 1.82) is 0 Å². The van der Waals surface area contributed by atoms with E-state index in [-0.39, 0.29) is 18.4 Å². The van der Waals surface area contributed by atoms with E-state index in [0.717, 1.165) is 6.42 Å². The zero-order valence-corrected chi connectivity index (χ0v) is 13.2. The number of carboxylic acids is 1. The van der Waals surface area contributed by atoms with Crippen molar-refractivity contribution < 1.29 is 14.7 Å². The normalized spacial score (nSPS) is 13.4. The van der Waals surface area contributed by atoms with Crippen LogP contribution >= 0.6 is 0 Å². The molecule has 0 spiro atoms. The lowest BCUT2D eigenvalue weighted by atomic mass is 9.79. The Morgan fingerprint density at radius 2 is 1.63 bits per heavy atom. The van der Waals surface area contributed by atoms with Gasteiger partial charge in [0, 0.05) is 19.5 Å². The molecule has 0 aliphatic heterocycles. The monoisotopic (exact) mass is 271 g/mol. The average molecular weight is 271 g/mol. The maximum Gasteiger partial charge on any atom is 0.310 e. The minimum atomic E-state index is -0.914. The van der Waals surface area contributed by atoms with Crippen LogP contribution in [0.2, 0.25) is 0 Å². The van der Waals surface area contributed by atoms with Crippen molar-refractivity contribution in [2.24, 2.45) is 11.3 Å². The first-order valence-electron chi connectivity index (χ1n) is 7.19. The summed E-state index contributed by atoms with van der Waals surface area (Å²) in [6.45, 7) is 9.92. The molecule has 0 saturated heterocycles. The molecule has 0 radical (unpaired) electrons. The third-order valence-electron chi connectivity index (χ3n) is 4.16. The van der Waals surface area contributed by atoms with E-state index in [1.54, 1.807) is 11.9 Å². The molecule has 0 aliphatic rings. The van der Waals surface area contributed by atoms with Gasteiger partial charge in [-0.15, -0.1) is 0 Å². The van der Waals surface area contributed by atoms with Crippen LogP contribution < -0.4 is 0 Å². The van der Waals surface area contributed by atoms with E-state index < -0.39 is 11.4 Å². The van der Waals surface area contributed by atoms with E-state index >= 15 is 0 Å². The van der Waals surface area contributed by atoms with Crippen LogP contribution in [0.5, 0.6) is 0 Å². The van der Waals surface area contributed by atoms with E-state index in [9.17, 15) is 14.7 Å². The maximum absolute atomic E-state index is 12.3. The number of hydrogen-bond donors (Lipinski definition) is 1. The van der Waals surface area contributed by atoms with Gasteiger partial charge in [-0.1, -0.05) is 27.7 Å².